The number of ether oxygens (including phenoxy) is 2. The molecule has 13 heavy (non-hydrogen) atoms. The Kier molecular flexibility index (Phi) is 7.79. The van der Waals surface area contributed by atoms with E-state index < -0.39 is 0 Å². The second kappa shape index (κ2) is 7.64. The molecule has 0 amide bonds. The Hall–Kier alpha value is 0.257. The second-order valence-corrected chi connectivity index (χ2v) is 3.25. The molecule has 1 aliphatic rings. The van der Waals surface area contributed by atoms with Gasteiger partial charge in [0, 0.05) is 7.11 Å². The van der Waals surface area contributed by atoms with E-state index in [2.05, 4.69) is 0 Å². The third kappa shape index (κ3) is 4.33. The van der Waals surface area contributed by atoms with Crippen molar-refractivity contribution in [2.24, 2.45) is 5.92 Å². The van der Waals surface area contributed by atoms with E-state index in [0.29, 0.717) is 12.7 Å². The maximum Gasteiger partial charge on any atom is 1.00 e. The first kappa shape index (κ1) is 13.3. The van der Waals surface area contributed by atoms with Gasteiger partial charge in [0.05, 0.1) is 6.10 Å². The molecule has 1 saturated carbocycles. The molecule has 0 aliphatic heterocycles. The summed E-state index contributed by atoms with van der Waals surface area (Å²) in [7, 11) is 1.64. The molecule has 1 aliphatic carbocycles. The zero-order valence-electron chi connectivity index (χ0n) is 8.66. The van der Waals surface area contributed by atoms with E-state index in [1.807, 2.05) is 0 Å². The quantitative estimate of drug-likeness (QED) is 0.316. The predicted octanol–water partition coefficient (Wildman–Crippen LogP) is -0.841. The molecule has 0 bridgehead atoms. The van der Waals surface area contributed by atoms with Crippen LogP contribution in [0.2, 0.25) is 0 Å². The molecular weight excluding hydrogens is 159 g/mol. The van der Waals surface area contributed by atoms with E-state index in [4.69, 9.17) is 16.1 Å². The van der Waals surface area contributed by atoms with Gasteiger partial charge in [-0.2, -0.15) is 0 Å². The number of rotatable bonds is 4. The third-order valence-corrected chi connectivity index (χ3v) is 2.40. The first-order valence-electron chi connectivity index (χ1n) is 4.54. The van der Waals surface area contributed by atoms with Crippen LogP contribution in [0, 0.1) is 12.5 Å². The summed E-state index contributed by atoms with van der Waals surface area (Å²) in [5.74, 6) is 0.425. The van der Waals surface area contributed by atoms with Gasteiger partial charge < -0.3 is 16.1 Å². The Labute approximate surface area is 92.9 Å². The molecule has 0 heterocycles. The molecule has 3 heteroatoms. The zero-order chi connectivity index (χ0) is 8.81. The van der Waals surface area contributed by atoms with Crippen LogP contribution in [0.15, 0.2) is 6.08 Å². The minimum absolute atomic E-state index is 0. The molecule has 2 atom stereocenters. The van der Waals surface area contributed by atoms with Gasteiger partial charge >= 0.3 is 18.9 Å². The minimum Gasteiger partial charge on any atom is -0.518 e. The molecule has 0 radical (unpaired) electrons. The van der Waals surface area contributed by atoms with E-state index in [1.165, 1.54) is 12.8 Å². The Morgan fingerprint density at radius 3 is 2.69 bits per heavy atom. The van der Waals surface area contributed by atoms with Crippen LogP contribution in [-0.2, 0) is 9.47 Å². The van der Waals surface area contributed by atoms with Crippen LogP contribution < -0.4 is 18.9 Å². The molecule has 70 valence electrons. The molecular formula is C10H17LiO2. The summed E-state index contributed by atoms with van der Waals surface area (Å²) >= 11 is 0. The third-order valence-electron chi connectivity index (χ3n) is 2.40. The van der Waals surface area contributed by atoms with Gasteiger partial charge in [0.25, 0.3) is 0 Å². The van der Waals surface area contributed by atoms with Crippen LogP contribution in [-0.4, -0.2) is 20.0 Å². The first-order valence-corrected chi connectivity index (χ1v) is 4.54. The van der Waals surface area contributed by atoms with Crippen LogP contribution in [0.1, 0.15) is 25.7 Å². The molecule has 1 rings (SSSR count). The van der Waals surface area contributed by atoms with Crippen LogP contribution in [0.3, 0.4) is 0 Å². The number of hydrogen-bond acceptors (Lipinski definition) is 2. The van der Waals surface area contributed by atoms with Crippen LogP contribution in [0.5, 0.6) is 0 Å². The molecule has 0 spiro atoms. The Morgan fingerprint density at radius 1 is 1.38 bits per heavy atom. The van der Waals surface area contributed by atoms with Crippen molar-refractivity contribution < 1.29 is 28.3 Å². The summed E-state index contributed by atoms with van der Waals surface area (Å²) in [5, 5.41) is 0. The van der Waals surface area contributed by atoms with Gasteiger partial charge in [0.2, 0.25) is 0 Å². The molecule has 2 nitrogen and oxygen atoms in total. The van der Waals surface area contributed by atoms with E-state index >= 15 is 0 Å². The van der Waals surface area contributed by atoms with Crippen molar-refractivity contribution in [2.75, 3.05) is 13.9 Å². The van der Waals surface area contributed by atoms with E-state index in [9.17, 15) is 0 Å². The topological polar surface area (TPSA) is 18.5 Å². The summed E-state index contributed by atoms with van der Waals surface area (Å²) in [6.07, 6.45) is 6.83. The average Bonchev–Trinajstić information content (AvgIpc) is 2.15. The van der Waals surface area contributed by atoms with Crippen molar-refractivity contribution in [3.8, 4) is 0 Å². The Morgan fingerprint density at radius 2 is 2.08 bits per heavy atom. The van der Waals surface area contributed by atoms with Gasteiger partial charge in [-0.15, -0.1) is 0 Å². The predicted molar refractivity (Wildman–Crippen MR) is 47.6 cm³/mol. The maximum atomic E-state index is 5.52. The molecule has 0 aromatic heterocycles. The summed E-state index contributed by atoms with van der Waals surface area (Å²) < 4.78 is 10.4. The monoisotopic (exact) mass is 176 g/mol. The van der Waals surface area contributed by atoms with Crippen molar-refractivity contribution in [2.45, 2.75) is 31.8 Å². The maximum absolute atomic E-state index is 5.52. The van der Waals surface area contributed by atoms with Crippen molar-refractivity contribution in [3.63, 3.8) is 0 Å². The van der Waals surface area contributed by atoms with Crippen molar-refractivity contribution in [3.05, 3.63) is 12.7 Å². The molecule has 1 fully saturated rings. The zero-order valence-corrected chi connectivity index (χ0v) is 8.66. The van der Waals surface area contributed by atoms with E-state index in [1.54, 1.807) is 13.2 Å². The van der Waals surface area contributed by atoms with Crippen LogP contribution >= 0.6 is 0 Å². The number of methoxy groups -OCH3 is 1. The molecule has 0 N–H and O–H groups in total. The first-order chi connectivity index (χ1) is 5.88. The molecule has 0 aromatic rings. The fraction of sp³-hybridized carbons (Fsp3) is 0.800. The van der Waals surface area contributed by atoms with Crippen molar-refractivity contribution >= 4 is 0 Å². The van der Waals surface area contributed by atoms with Gasteiger partial charge in [-0.3, -0.25) is 6.08 Å². The van der Waals surface area contributed by atoms with Gasteiger partial charge in [-0.1, -0.05) is 12.8 Å². The van der Waals surface area contributed by atoms with Gasteiger partial charge in [0.1, 0.15) is 6.79 Å². The van der Waals surface area contributed by atoms with Crippen molar-refractivity contribution in [1.82, 2.24) is 0 Å². The van der Waals surface area contributed by atoms with E-state index in [0.717, 1.165) is 12.8 Å². The Balaban J connectivity index is 0.00000144. The van der Waals surface area contributed by atoms with Gasteiger partial charge in [-0.25, -0.2) is 0 Å². The normalized spacial score (nSPS) is 27.8. The smallest absolute Gasteiger partial charge is 0.518 e. The van der Waals surface area contributed by atoms with Crippen molar-refractivity contribution in [1.29, 1.82) is 0 Å². The summed E-state index contributed by atoms with van der Waals surface area (Å²) in [5.41, 5.74) is 0. The summed E-state index contributed by atoms with van der Waals surface area (Å²) in [6.45, 7) is 5.90. The summed E-state index contributed by atoms with van der Waals surface area (Å²) in [6, 6.07) is 0. The van der Waals surface area contributed by atoms with Gasteiger partial charge in [-0.05, 0) is 18.8 Å². The average molecular weight is 176 g/mol. The minimum atomic E-state index is 0. The second-order valence-electron chi connectivity index (χ2n) is 3.25. The Bertz CT molecular complexity index is 139. The standard InChI is InChI=1S/C10H17O2.Li/c1-3-9-6-4-5-7-10(9)12-8-11-2;/h1,3,9-10H,4-8H2,2H3;/q-1;+1/t9-,10+;/m1./s1. The molecule has 0 unspecified atom stereocenters. The van der Waals surface area contributed by atoms with Gasteiger partial charge in [0.15, 0.2) is 0 Å². The molecule has 0 aromatic carbocycles. The largest absolute Gasteiger partial charge is 1.00 e. The SMILES string of the molecule is [CH-]=C[C@@H]1CCCC[C@@H]1OCOC.[Li+]. The fourth-order valence-electron chi connectivity index (χ4n) is 1.71. The molecule has 0 saturated heterocycles. The number of hydrogen-bond donors (Lipinski definition) is 0. The van der Waals surface area contributed by atoms with Crippen LogP contribution in [0.4, 0.5) is 0 Å². The summed E-state index contributed by atoms with van der Waals surface area (Å²) in [4.78, 5) is 0. The van der Waals surface area contributed by atoms with E-state index in [-0.39, 0.29) is 25.0 Å². The van der Waals surface area contributed by atoms with Crippen LogP contribution in [0.25, 0.3) is 0 Å². The fourth-order valence-corrected chi connectivity index (χ4v) is 1.71.